The Morgan fingerprint density at radius 3 is 2.59 bits per heavy atom. The SMILES string of the molecule is CCOC(=O)C(CC)n1ccc(C(F)(F)F)n1. The monoisotopic (exact) mass is 250 g/mol. The van der Waals surface area contributed by atoms with E-state index in [0.29, 0.717) is 6.42 Å². The number of alkyl halides is 3. The quantitative estimate of drug-likeness (QED) is 0.771. The summed E-state index contributed by atoms with van der Waals surface area (Å²) in [6.45, 7) is 3.49. The Morgan fingerprint density at radius 2 is 2.18 bits per heavy atom. The molecule has 0 N–H and O–H groups in total. The van der Waals surface area contributed by atoms with Crippen LogP contribution in [0.25, 0.3) is 0 Å². The first-order chi connectivity index (χ1) is 7.90. The number of aromatic nitrogens is 2. The van der Waals surface area contributed by atoms with Crippen molar-refractivity contribution in [3.63, 3.8) is 0 Å². The molecule has 1 atom stereocenters. The van der Waals surface area contributed by atoms with Crippen LogP contribution in [0.3, 0.4) is 0 Å². The number of nitrogens with zero attached hydrogens (tertiary/aromatic N) is 2. The first-order valence-corrected chi connectivity index (χ1v) is 5.19. The molecule has 1 unspecified atom stereocenters. The molecule has 96 valence electrons. The topological polar surface area (TPSA) is 44.1 Å². The van der Waals surface area contributed by atoms with Crippen molar-refractivity contribution in [2.24, 2.45) is 0 Å². The molecule has 0 bridgehead atoms. The Morgan fingerprint density at radius 1 is 1.53 bits per heavy atom. The molecule has 7 heteroatoms. The smallest absolute Gasteiger partial charge is 0.435 e. The molecule has 0 aliphatic rings. The van der Waals surface area contributed by atoms with Crippen molar-refractivity contribution in [3.05, 3.63) is 18.0 Å². The highest BCUT2D eigenvalue weighted by Gasteiger charge is 2.34. The molecule has 0 spiro atoms. The first-order valence-electron chi connectivity index (χ1n) is 5.19. The fourth-order valence-electron chi connectivity index (χ4n) is 1.36. The van der Waals surface area contributed by atoms with E-state index in [4.69, 9.17) is 4.74 Å². The summed E-state index contributed by atoms with van der Waals surface area (Å²) < 4.78 is 42.7. The van der Waals surface area contributed by atoms with E-state index in [0.717, 1.165) is 16.9 Å². The normalized spacial score (nSPS) is 13.5. The molecule has 4 nitrogen and oxygen atoms in total. The molecule has 0 saturated carbocycles. The van der Waals surface area contributed by atoms with E-state index >= 15 is 0 Å². The van der Waals surface area contributed by atoms with Crippen LogP contribution in [0.1, 0.15) is 32.0 Å². The Kier molecular flexibility index (Phi) is 4.14. The summed E-state index contributed by atoms with van der Waals surface area (Å²) in [4.78, 5) is 11.5. The van der Waals surface area contributed by atoms with E-state index < -0.39 is 23.9 Å². The largest absolute Gasteiger partial charge is 0.464 e. The van der Waals surface area contributed by atoms with Crippen molar-refractivity contribution < 1.29 is 22.7 Å². The summed E-state index contributed by atoms with van der Waals surface area (Å²) in [5.74, 6) is -0.577. The van der Waals surface area contributed by atoms with Gasteiger partial charge in [0.2, 0.25) is 0 Å². The van der Waals surface area contributed by atoms with Crippen molar-refractivity contribution in [2.45, 2.75) is 32.5 Å². The fourth-order valence-corrected chi connectivity index (χ4v) is 1.36. The number of carbonyl (C=O) groups is 1. The van der Waals surface area contributed by atoms with Crippen LogP contribution < -0.4 is 0 Å². The van der Waals surface area contributed by atoms with Gasteiger partial charge in [0.1, 0.15) is 6.04 Å². The molecular weight excluding hydrogens is 237 g/mol. The van der Waals surface area contributed by atoms with Crippen molar-refractivity contribution in [2.75, 3.05) is 6.61 Å². The Bertz CT molecular complexity index is 387. The molecule has 0 aliphatic carbocycles. The summed E-state index contributed by atoms with van der Waals surface area (Å²) in [7, 11) is 0. The highest BCUT2D eigenvalue weighted by Crippen LogP contribution is 2.28. The van der Waals surface area contributed by atoms with Gasteiger partial charge in [0.25, 0.3) is 0 Å². The minimum Gasteiger partial charge on any atom is -0.464 e. The van der Waals surface area contributed by atoms with Crippen LogP contribution >= 0.6 is 0 Å². The predicted molar refractivity (Wildman–Crippen MR) is 53.2 cm³/mol. The molecule has 1 rings (SSSR count). The van der Waals surface area contributed by atoms with Crippen LogP contribution in [0.2, 0.25) is 0 Å². The van der Waals surface area contributed by atoms with Crippen molar-refractivity contribution in [1.82, 2.24) is 9.78 Å². The van der Waals surface area contributed by atoms with Gasteiger partial charge >= 0.3 is 12.1 Å². The zero-order valence-electron chi connectivity index (χ0n) is 9.49. The summed E-state index contributed by atoms with van der Waals surface area (Å²) in [5, 5.41) is 3.35. The van der Waals surface area contributed by atoms with E-state index in [1.165, 1.54) is 0 Å². The molecule has 1 aromatic heterocycles. The molecule has 0 amide bonds. The molecule has 0 saturated heterocycles. The maximum absolute atomic E-state index is 12.3. The minimum atomic E-state index is -4.50. The van der Waals surface area contributed by atoms with E-state index in [2.05, 4.69) is 5.10 Å². The van der Waals surface area contributed by atoms with Gasteiger partial charge in [0, 0.05) is 6.20 Å². The number of esters is 1. The van der Waals surface area contributed by atoms with Crippen LogP contribution in [0, 0.1) is 0 Å². The number of carbonyl (C=O) groups excluding carboxylic acids is 1. The summed E-state index contributed by atoms with van der Waals surface area (Å²) in [6.07, 6.45) is -3.05. The Labute approximate surface area is 96.4 Å². The maximum Gasteiger partial charge on any atom is 0.435 e. The third kappa shape index (κ3) is 3.21. The number of hydrogen-bond donors (Lipinski definition) is 0. The van der Waals surface area contributed by atoms with E-state index in [1.807, 2.05) is 0 Å². The third-order valence-electron chi connectivity index (χ3n) is 2.16. The predicted octanol–water partition coefficient (Wildman–Crippen LogP) is 2.42. The lowest BCUT2D eigenvalue weighted by Crippen LogP contribution is -2.22. The van der Waals surface area contributed by atoms with E-state index in [-0.39, 0.29) is 6.61 Å². The minimum absolute atomic E-state index is 0.183. The van der Waals surface area contributed by atoms with Crippen molar-refractivity contribution in [1.29, 1.82) is 0 Å². The molecule has 0 radical (unpaired) electrons. The van der Waals surface area contributed by atoms with Gasteiger partial charge in [-0.05, 0) is 19.4 Å². The van der Waals surface area contributed by atoms with E-state index in [1.54, 1.807) is 13.8 Å². The lowest BCUT2D eigenvalue weighted by Gasteiger charge is -2.13. The second kappa shape index (κ2) is 5.20. The fraction of sp³-hybridized carbons (Fsp3) is 0.600. The average Bonchev–Trinajstić information content (AvgIpc) is 2.68. The Balaban J connectivity index is 2.90. The van der Waals surface area contributed by atoms with Gasteiger partial charge in [-0.15, -0.1) is 0 Å². The number of hydrogen-bond acceptors (Lipinski definition) is 3. The van der Waals surface area contributed by atoms with Gasteiger partial charge in [0.15, 0.2) is 5.69 Å². The van der Waals surface area contributed by atoms with Crippen molar-refractivity contribution >= 4 is 5.97 Å². The third-order valence-corrected chi connectivity index (χ3v) is 2.16. The summed E-state index contributed by atoms with van der Waals surface area (Å²) in [5.41, 5.74) is -1.01. The maximum atomic E-state index is 12.3. The molecule has 1 heterocycles. The van der Waals surface area contributed by atoms with Crippen LogP contribution in [0.4, 0.5) is 13.2 Å². The number of halogens is 3. The molecule has 1 aromatic rings. The average molecular weight is 250 g/mol. The highest BCUT2D eigenvalue weighted by molar-refractivity contribution is 5.73. The van der Waals surface area contributed by atoms with Crippen LogP contribution in [0.15, 0.2) is 12.3 Å². The molecule has 0 aromatic carbocycles. The summed E-state index contributed by atoms with van der Waals surface area (Å²) in [6, 6.07) is 0.0214. The van der Waals surface area contributed by atoms with Crippen LogP contribution in [-0.4, -0.2) is 22.4 Å². The molecule has 0 aliphatic heterocycles. The van der Waals surface area contributed by atoms with Gasteiger partial charge in [0.05, 0.1) is 6.61 Å². The zero-order chi connectivity index (χ0) is 13.1. The Hall–Kier alpha value is -1.53. The summed E-state index contributed by atoms with van der Waals surface area (Å²) >= 11 is 0. The molecular formula is C10H13F3N2O2. The highest BCUT2D eigenvalue weighted by atomic mass is 19.4. The molecule has 17 heavy (non-hydrogen) atoms. The lowest BCUT2D eigenvalue weighted by atomic mass is 10.2. The van der Waals surface area contributed by atoms with Gasteiger partial charge in [-0.2, -0.15) is 18.3 Å². The van der Waals surface area contributed by atoms with Gasteiger partial charge in [-0.1, -0.05) is 6.92 Å². The van der Waals surface area contributed by atoms with Gasteiger partial charge in [-0.25, -0.2) is 4.79 Å². The lowest BCUT2D eigenvalue weighted by molar-refractivity contribution is -0.149. The number of rotatable bonds is 4. The standard InChI is InChI=1S/C10H13F3N2O2/c1-3-7(9(16)17-4-2)15-6-5-8(14-15)10(11,12)13/h5-7H,3-4H2,1-2H3. The van der Waals surface area contributed by atoms with Crippen LogP contribution in [-0.2, 0) is 15.7 Å². The van der Waals surface area contributed by atoms with Crippen LogP contribution in [0.5, 0.6) is 0 Å². The second-order valence-corrected chi connectivity index (χ2v) is 3.35. The first kappa shape index (κ1) is 13.5. The van der Waals surface area contributed by atoms with Gasteiger partial charge < -0.3 is 4.74 Å². The van der Waals surface area contributed by atoms with E-state index in [9.17, 15) is 18.0 Å². The number of ether oxygens (including phenoxy) is 1. The van der Waals surface area contributed by atoms with Crippen molar-refractivity contribution in [3.8, 4) is 0 Å². The zero-order valence-corrected chi connectivity index (χ0v) is 9.49. The second-order valence-electron chi connectivity index (χ2n) is 3.35. The molecule has 0 fully saturated rings. The van der Waals surface area contributed by atoms with Gasteiger partial charge in [-0.3, -0.25) is 4.68 Å².